The summed E-state index contributed by atoms with van der Waals surface area (Å²) in [5.74, 6) is 1.63. The zero-order valence-corrected chi connectivity index (χ0v) is 21.7. The number of allylic oxidation sites excluding steroid dienone is 3. The minimum absolute atomic E-state index is 0.488. The molecule has 1 atom stereocenters. The Morgan fingerprint density at radius 1 is 1.07 bits per heavy atom. The Labute approximate surface area is 175 Å². The molecule has 0 amide bonds. The van der Waals surface area contributed by atoms with Crippen LogP contribution in [0.4, 0.5) is 0 Å². The lowest BCUT2D eigenvalue weighted by Gasteiger charge is -2.35. The highest BCUT2D eigenvalue weighted by atomic mass is 28.3. The van der Waals surface area contributed by atoms with E-state index in [0.717, 1.165) is 5.75 Å². The average Bonchev–Trinajstić information content (AvgIpc) is 2.88. The molecule has 2 rings (SSSR count). The third kappa shape index (κ3) is 4.23. The highest BCUT2D eigenvalue weighted by Crippen LogP contribution is 2.39. The lowest BCUT2D eigenvalue weighted by Crippen LogP contribution is -2.51. The van der Waals surface area contributed by atoms with E-state index in [0.29, 0.717) is 12.5 Å². The van der Waals surface area contributed by atoms with Gasteiger partial charge in [0.15, 0.2) is 0 Å². The fraction of sp³-hybridized carbons (Fsp3) is 0.500. The van der Waals surface area contributed by atoms with Crippen LogP contribution in [0.1, 0.15) is 19.4 Å². The summed E-state index contributed by atoms with van der Waals surface area (Å²) >= 11 is 0. The molecule has 154 valence electrons. The Balaban J connectivity index is 2.80. The zero-order valence-electron chi connectivity index (χ0n) is 19.7. The molecule has 1 aromatic rings. The lowest BCUT2D eigenvalue weighted by atomic mass is 10.1. The molecule has 1 aliphatic carbocycles. The van der Waals surface area contributed by atoms with Crippen molar-refractivity contribution in [3.63, 3.8) is 0 Å². The van der Waals surface area contributed by atoms with Crippen LogP contribution in [0.5, 0.6) is 5.75 Å². The first kappa shape index (κ1) is 22.8. The molecule has 1 unspecified atom stereocenters. The van der Waals surface area contributed by atoms with Gasteiger partial charge in [-0.3, -0.25) is 0 Å². The molecule has 0 radical (unpaired) electrons. The number of aryl methyl sites for hydroxylation is 1. The summed E-state index contributed by atoms with van der Waals surface area (Å²) in [7, 11) is 0.815. The van der Waals surface area contributed by atoms with E-state index in [1.165, 1.54) is 27.2 Å². The molecule has 0 aromatic heterocycles. The molecule has 1 aliphatic rings. The molecular formula is C24H39NOSi2. The van der Waals surface area contributed by atoms with Crippen molar-refractivity contribution >= 4 is 26.5 Å². The molecule has 4 heteroatoms. The minimum atomic E-state index is -1.96. The van der Waals surface area contributed by atoms with Gasteiger partial charge < -0.3 is 9.64 Å². The van der Waals surface area contributed by atoms with Crippen LogP contribution in [0.15, 0.2) is 47.3 Å². The van der Waals surface area contributed by atoms with Crippen molar-refractivity contribution in [2.45, 2.75) is 53.5 Å². The second-order valence-corrected chi connectivity index (χ2v) is 19.3. The second kappa shape index (κ2) is 8.07. The molecule has 0 spiro atoms. The predicted octanol–water partition coefficient (Wildman–Crippen LogP) is 4.97. The van der Waals surface area contributed by atoms with E-state index < -0.39 is 16.1 Å². The maximum Gasteiger partial charge on any atom is 0.118 e. The quantitative estimate of drug-likeness (QED) is 0.462. The summed E-state index contributed by atoms with van der Waals surface area (Å²) in [6.45, 7) is 23.5. The van der Waals surface area contributed by atoms with Crippen molar-refractivity contribution in [3.05, 3.63) is 52.9 Å². The molecule has 2 nitrogen and oxygen atoms in total. The van der Waals surface area contributed by atoms with Gasteiger partial charge >= 0.3 is 0 Å². The van der Waals surface area contributed by atoms with Crippen LogP contribution in [-0.4, -0.2) is 41.7 Å². The van der Waals surface area contributed by atoms with E-state index in [-0.39, 0.29) is 0 Å². The van der Waals surface area contributed by atoms with Gasteiger partial charge in [-0.2, -0.15) is 0 Å². The summed E-state index contributed by atoms with van der Waals surface area (Å²) in [4.78, 5) is 2.29. The SMILES string of the molecule is C=CCOc1c([Si](C)(C)C)cc(C)cc1[Si](C)(C)C1=C(N(C)C)C=C(C)C1C. The Morgan fingerprint density at radius 3 is 2.14 bits per heavy atom. The third-order valence-electron chi connectivity index (χ3n) is 5.97. The van der Waals surface area contributed by atoms with Gasteiger partial charge in [0.1, 0.15) is 20.4 Å². The first-order chi connectivity index (χ1) is 12.8. The van der Waals surface area contributed by atoms with Gasteiger partial charge in [-0.05, 0) is 41.4 Å². The number of likely N-dealkylation sites (N-methyl/N-ethyl adjacent to an activating group) is 1. The van der Waals surface area contributed by atoms with Crippen LogP contribution in [0.2, 0.25) is 32.7 Å². The number of benzene rings is 1. The van der Waals surface area contributed by atoms with Gasteiger partial charge in [-0.25, -0.2) is 0 Å². The van der Waals surface area contributed by atoms with E-state index in [2.05, 4.69) is 97.3 Å². The van der Waals surface area contributed by atoms with Gasteiger partial charge in [0.05, 0.1) is 8.07 Å². The van der Waals surface area contributed by atoms with Crippen LogP contribution in [-0.2, 0) is 0 Å². The van der Waals surface area contributed by atoms with Crippen molar-refractivity contribution in [1.29, 1.82) is 0 Å². The summed E-state index contributed by atoms with van der Waals surface area (Å²) in [5, 5.41) is 4.49. The van der Waals surface area contributed by atoms with Gasteiger partial charge in [0.2, 0.25) is 0 Å². The third-order valence-corrected chi connectivity index (χ3v) is 11.7. The van der Waals surface area contributed by atoms with Crippen LogP contribution < -0.4 is 15.1 Å². The van der Waals surface area contributed by atoms with Crippen molar-refractivity contribution in [3.8, 4) is 5.75 Å². The van der Waals surface area contributed by atoms with Crippen LogP contribution >= 0.6 is 0 Å². The van der Waals surface area contributed by atoms with Crippen molar-refractivity contribution in [2.75, 3.05) is 20.7 Å². The Kier molecular flexibility index (Phi) is 6.56. The molecule has 0 aliphatic heterocycles. The van der Waals surface area contributed by atoms with E-state index in [1.807, 2.05) is 6.08 Å². The number of rotatable bonds is 7. The van der Waals surface area contributed by atoms with Crippen molar-refractivity contribution in [1.82, 2.24) is 4.90 Å². The van der Waals surface area contributed by atoms with E-state index >= 15 is 0 Å². The molecule has 0 saturated heterocycles. The molecule has 0 bridgehead atoms. The average molecular weight is 414 g/mol. The topological polar surface area (TPSA) is 12.5 Å². The maximum atomic E-state index is 6.40. The Morgan fingerprint density at radius 2 is 1.64 bits per heavy atom. The van der Waals surface area contributed by atoms with E-state index in [4.69, 9.17) is 4.74 Å². The summed E-state index contributed by atoms with van der Waals surface area (Å²) in [5.41, 5.74) is 4.21. The standard InChI is InChI=1S/C24H39NOSi2/c1-12-13-26-23-21(27(7,8)9)14-17(2)15-22(23)28(10,11)24-19(4)18(3)16-20(24)25(5)6/h12,14-16,19H,1,13H2,2-11H3. The smallest absolute Gasteiger partial charge is 0.118 e. The Bertz CT molecular complexity index is 826. The molecule has 0 N–H and O–H groups in total. The van der Waals surface area contributed by atoms with E-state index in [1.54, 1.807) is 5.20 Å². The second-order valence-electron chi connectivity index (χ2n) is 9.97. The molecule has 28 heavy (non-hydrogen) atoms. The van der Waals surface area contributed by atoms with Crippen LogP contribution in [0.25, 0.3) is 0 Å². The van der Waals surface area contributed by atoms with E-state index in [9.17, 15) is 0 Å². The fourth-order valence-corrected chi connectivity index (χ4v) is 9.91. The highest BCUT2D eigenvalue weighted by Gasteiger charge is 2.40. The first-order valence-corrected chi connectivity index (χ1v) is 16.8. The molecular weight excluding hydrogens is 374 g/mol. The zero-order chi connectivity index (χ0) is 21.4. The summed E-state index contributed by atoms with van der Waals surface area (Å²) in [6.07, 6.45) is 4.24. The van der Waals surface area contributed by atoms with Crippen molar-refractivity contribution < 1.29 is 4.74 Å². The molecule has 0 heterocycles. The van der Waals surface area contributed by atoms with Gasteiger partial charge in [0, 0.05) is 19.8 Å². The van der Waals surface area contributed by atoms with Gasteiger partial charge in [-0.15, -0.1) is 0 Å². The van der Waals surface area contributed by atoms with Crippen LogP contribution in [0.3, 0.4) is 0 Å². The summed E-state index contributed by atoms with van der Waals surface area (Å²) < 4.78 is 6.40. The largest absolute Gasteiger partial charge is 0.490 e. The number of hydrogen-bond donors (Lipinski definition) is 0. The number of ether oxygens (including phenoxy) is 1. The first-order valence-electron chi connectivity index (χ1n) is 10.3. The monoisotopic (exact) mass is 413 g/mol. The molecule has 0 fully saturated rings. The highest BCUT2D eigenvalue weighted by molar-refractivity contribution is 6.97. The Hall–Kier alpha value is -1.53. The molecule has 0 saturated carbocycles. The van der Waals surface area contributed by atoms with Gasteiger partial charge in [-0.1, -0.05) is 75.6 Å². The predicted molar refractivity (Wildman–Crippen MR) is 131 cm³/mol. The minimum Gasteiger partial charge on any atom is -0.490 e. The van der Waals surface area contributed by atoms with Crippen LogP contribution in [0, 0.1) is 12.8 Å². The number of hydrogen-bond acceptors (Lipinski definition) is 2. The normalized spacial score (nSPS) is 17.6. The van der Waals surface area contributed by atoms with Gasteiger partial charge in [0.25, 0.3) is 0 Å². The summed E-state index contributed by atoms with van der Waals surface area (Å²) in [6, 6.07) is 4.76. The lowest BCUT2D eigenvalue weighted by molar-refractivity contribution is 0.368. The van der Waals surface area contributed by atoms with Crippen molar-refractivity contribution in [2.24, 2.45) is 5.92 Å². The maximum absolute atomic E-state index is 6.40. The fourth-order valence-electron chi connectivity index (χ4n) is 4.34. The number of nitrogens with zero attached hydrogens (tertiary/aromatic N) is 1. The molecule has 1 aromatic carbocycles.